The van der Waals surface area contributed by atoms with E-state index in [9.17, 15) is 9.90 Å². The highest BCUT2D eigenvalue weighted by molar-refractivity contribution is 5.74. The summed E-state index contributed by atoms with van der Waals surface area (Å²) < 4.78 is 5.20. The van der Waals surface area contributed by atoms with E-state index in [4.69, 9.17) is 4.74 Å². The Morgan fingerprint density at radius 1 is 1.21 bits per heavy atom. The van der Waals surface area contributed by atoms with E-state index in [0.717, 1.165) is 24.2 Å². The lowest BCUT2D eigenvalue weighted by Gasteiger charge is -2.35. The van der Waals surface area contributed by atoms with Crippen LogP contribution in [-0.4, -0.2) is 42.3 Å². The van der Waals surface area contributed by atoms with E-state index in [0.29, 0.717) is 19.0 Å². The molecule has 1 aliphatic heterocycles. The smallest absolute Gasteiger partial charge is 0.317 e. The zero-order valence-corrected chi connectivity index (χ0v) is 15.2. The van der Waals surface area contributed by atoms with Gasteiger partial charge in [0, 0.05) is 13.1 Å². The Kier molecular flexibility index (Phi) is 6.49. The quantitative estimate of drug-likeness (QED) is 0.869. The molecule has 2 amide bonds. The minimum atomic E-state index is -0.294. The van der Waals surface area contributed by atoms with Crippen LogP contribution in [0.5, 0.6) is 5.75 Å². The van der Waals surface area contributed by atoms with Crippen LogP contribution >= 0.6 is 0 Å². The minimum absolute atomic E-state index is 0.0199. The van der Waals surface area contributed by atoms with Gasteiger partial charge in [-0.2, -0.15) is 0 Å². The molecule has 5 heteroatoms. The van der Waals surface area contributed by atoms with Gasteiger partial charge in [-0.1, -0.05) is 26.0 Å². The molecule has 0 aliphatic carbocycles. The third-order valence-corrected chi connectivity index (χ3v) is 4.93. The van der Waals surface area contributed by atoms with Crippen LogP contribution in [0.1, 0.15) is 45.2 Å². The fourth-order valence-electron chi connectivity index (χ4n) is 3.26. The third kappa shape index (κ3) is 4.63. The van der Waals surface area contributed by atoms with E-state index in [2.05, 4.69) is 19.2 Å². The molecule has 2 atom stereocenters. The van der Waals surface area contributed by atoms with Gasteiger partial charge in [-0.3, -0.25) is 0 Å². The highest BCUT2D eigenvalue weighted by atomic mass is 16.5. The molecule has 1 aliphatic rings. The minimum Gasteiger partial charge on any atom is -0.497 e. The van der Waals surface area contributed by atoms with Gasteiger partial charge in [-0.15, -0.1) is 0 Å². The first kappa shape index (κ1) is 18.6. The second kappa shape index (κ2) is 8.38. The van der Waals surface area contributed by atoms with Gasteiger partial charge >= 0.3 is 6.03 Å². The average molecular weight is 334 g/mol. The standard InChI is InChI=1S/C19H30N2O3/c1-13(2)18(16-5-7-17(24-4)8-6-16)20-19(23)21-11-9-15(10-12-21)14(3)22/h5-8,13-15,18,22H,9-12H2,1-4H3,(H,20,23). The number of urea groups is 1. The van der Waals surface area contributed by atoms with Crippen LogP contribution in [0.4, 0.5) is 4.79 Å². The molecule has 0 radical (unpaired) electrons. The molecule has 1 aromatic carbocycles. The van der Waals surface area contributed by atoms with Crippen LogP contribution in [0.15, 0.2) is 24.3 Å². The van der Waals surface area contributed by atoms with Crippen LogP contribution in [0, 0.1) is 11.8 Å². The number of amides is 2. The zero-order chi connectivity index (χ0) is 17.7. The summed E-state index contributed by atoms with van der Waals surface area (Å²) >= 11 is 0. The molecule has 2 unspecified atom stereocenters. The predicted molar refractivity (Wildman–Crippen MR) is 95.1 cm³/mol. The monoisotopic (exact) mass is 334 g/mol. The first-order valence-electron chi connectivity index (χ1n) is 8.79. The van der Waals surface area contributed by atoms with E-state index in [-0.39, 0.29) is 24.1 Å². The summed E-state index contributed by atoms with van der Waals surface area (Å²) in [4.78, 5) is 14.5. The maximum Gasteiger partial charge on any atom is 0.317 e. The van der Waals surface area contributed by atoms with Gasteiger partial charge in [-0.05, 0) is 49.3 Å². The first-order chi connectivity index (χ1) is 11.4. The van der Waals surface area contributed by atoms with E-state index in [1.54, 1.807) is 7.11 Å². The number of ether oxygens (including phenoxy) is 1. The Morgan fingerprint density at radius 2 is 1.79 bits per heavy atom. The molecule has 0 spiro atoms. The number of likely N-dealkylation sites (tertiary alicyclic amines) is 1. The van der Waals surface area contributed by atoms with Crippen LogP contribution in [0.2, 0.25) is 0 Å². The Bertz CT molecular complexity index is 520. The molecule has 5 nitrogen and oxygen atoms in total. The van der Waals surface area contributed by atoms with Crippen molar-refractivity contribution in [3.63, 3.8) is 0 Å². The van der Waals surface area contributed by atoms with E-state index < -0.39 is 0 Å². The summed E-state index contributed by atoms with van der Waals surface area (Å²) in [5, 5.41) is 12.8. The Morgan fingerprint density at radius 3 is 2.25 bits per heavy atom. The van der Waals surface area contributed by atoms with Crippen LogP contribution < -0.4 is 10.1 Å². The van der Waals surface area contributed by atoms with Crippen LogP contribution in [0.3, 0.4) is 0 Å². The van der Waals surface area contributed by atoms with E-state index in [1.165, 1.54) is 0 Å². The molecule has 0 bridgehead atoms. The van der Waals surface area contributed by atoms with Crippen molar-refractivity contribution in [3.8, 4) is 5.75 Å². The number of nitrogens with zero attached hydrogens (tertiary/aromatic N) is 1. The SMILES string of the molecule is COc1ccc(C(NC(=O)N2CCC(C(C)O)CC2)C(C)C)cc1. The van der Waals surface area contributed by atoms with Crippen molar-refractivity contribution in [1.29, 1.82) is 0 Å². The van der Waals surface area contributed by atoms with Gasteiger partial charge in [0.1, 0.15) is 5.75 Å². The Labute approximate surface area is 145 Å². The van der Waals surface area contributed by atoms with Crippen molar-refractivity contribution in [2.75, 3.05) is 20.2 Å². The summed E-state index contributed by atoms with van der Waals surface area (Å²) in [6, 6.07) is 7.80. The summed E-state index contributed by atoms with van der Waals surface area (Å²) in [5.41, 5.74) is 1.08. The molecule has 2 rings (SSSR count). The van der Waals surface area contributed by atoms with Crippen molar-refractivity contribution in [2.24, 2.45) is 11.8 Å². The number of benzene rings is 1. The lowest BCUT2D eigenvalue weighted by molar-refractivity contribution is 0.0789. The van der Waals surface area contributed by atoms with Gasteiger partial charge in [0.05, 0.1) is 19.3 Å². The number of aliphatic hydroxyl groups is 1. The van der Waals surface area contributed by atoms with Crippen molar-refractivity contribution in [1.82, 2.24) is 10.2 Å². The van der Waals surface area contributed by atoms with Gasteiger partial charge in [-0.25, -0.2) is 4.79 Å². The summed E-state index contributed by atoms with van der Waals surface area (Å²) in [5.74, 6) is 1.40. The number of nitrogens with one attached hydrogen (secondary N) is 1. The highest BCUT2D eigenvalue weighted by Crippen LogP contribution is 2.25. The van der Waals surface area contributed by atoms with Gasteiger partial charge in [0.2, 0.25) is 0 Å². The Balaban J connectivity index is 1.98. The van der Waals surface area contributed by atoms with Crippen molar-refractivity contribution < 1.29 is 14.6 Å². The molecular weight excluding hydrogens is 304 g/mol. The van der Waals surface area contributed by atoms with Gasteiger partial charge in [0.25, 0.3) is 0 Å². The van der Waals surface area contributed by atoms with Crippen molar-refractivity contribution >= 4 is 6.03 Å². The largest absolute Gasteiger partial charge is 0.497 e. The van der Waals surface area contributed by atoms with Crippen molar-refractivity contribution in [2.45, 2.75) is 45.8 Å². The molecule has 134 valence electrons. The number of carbonyl (C=O) groups is 1. The number of methoxy groups -OCH3 is 1. The molecule has 2 N–H and O–H groups in total. The number of hydrogen-bond donors (Lipinski definition) is 2. The molecule has 24 heavy (non-hydrogen) atoms. The lowest BCUT2D eigenvalue weighted by atomic mass is 9.92. The van der Waals surface area contributed by atoms with E-state index >= 15 is 0 Å². The maximum atomic E-state index is 12.6. The number of piperidine rings is 1. The normalized spacial score (nSPS) is 18.3. The number of aliphatic hydroxyl groups excluding tert-OH is 1. The second-order valence-corrected chi connectivity index (χ2v) is 7.01. The third-order valence-electron chi connectivity index (χ3n) is 4.93. The fourth-order valence-corrected chi connectivity index (χ4v) is 3.26. The second-order valence-electron chi connectivity index (χ2n) is 7.01. The lowest BCUT2D eigenvalue weighted by Crippen LogP contribution is -2.47. The molecule has 1 aromatic rings. The summed E-state index contributed by atoms with van der Waals surface area (Å²) in [7, 11) is 1.65. The fraction of sp³-hybridized carbons (Fsp3) is 0.632. The molecule has 1 saturated heterocycles. The number of carbonyl (C=O) groups excluding carboxylic acids is 1. The van der Waals surface area contributed by atoms with Crippen LogP contribution in [0.25, 0.3) is 0 Å². The van der Waals surface area contributed by atoms with Gasteiger partial charge in [0.15, 0.2) is 0 Å². The maximum absolute atomic E-state index is 12.6. The Hall–Kier alpha value is -1.75. The van der Waals surface area contributed by atoms with Crippen LogP contribution in [-0.2, 0) is 0 Å². The molecule has 0 aromatic heterocycles. The molecule has 1 fully saturated rings. The summed E-state index contributed by atoms with van der Waals surface area (Å²) in [6.45, 7) is 7.45. The van der Waals surface area contributed by atoms with Gasteiger partial charge < -0.3 is 20.1 Å². The zero-order valence-electron chi connectivity index (χ0n) is 15.2. The molecular formula is C19H30N2O3. The predicted octanol–water partition coefficient (Wildman–Crippen LogP) is 3.19. The summed E-state index contributed by atoms with van der Waals surface area (Å²) in [6.07, 6.45) is 1.43. The molecule has 1 heterocycles. The topological polar surface area (TPSA) is 61.8 Å². The highest BCUT2D eigenvalue weighted by Gasteiger charge is 2.27. The molecule has 0 saturated carbocycles. The average Bonchev–Trinajstić information content (AvgIpc) is 2.59. The number of rotatable bonds is 5. The van der Waals surface area contributed by atoms with E-state index in [1.807, 2.05) is 36.1 Å². The first-order valence-corrected chi connectivity index (χ1v) is 8.79. The number of hydrogen-bond acceptors (Lipinski definition) is 3. The van der Waals surface area contributed by atoms with Crippen molar-refractivity contribution in [3.05, 3.63) is 29.8 Å².